The van der Waals surface area contributed by atoms with E-state index in [2.05, 4.69) is 10.2 Å². The molecule has 0 bridgehead atoms. The predicted molar refractivity (Wildman–Crippen MR) is 197 cm³/mol. The van der Waals surface area contributed by atoms with Crippen molar-refractivity contribution < 1.29 is 58.0 Å². The lowest BCUT2D eigenvalue weighted by atomic mass is 9.77. The lowest BCUT2D eigenvalue weighted by Crippen LogP contribution is -2.61. The minimum absolute atomic E-state index is 0.0205. The number of epoxide rings is 1. The van der Waals surface area contributed by atoms with Gasteiger partial charge < -0.3 is 63.4 Å². The standard InChI is InChI=1S/C39H72N2O12/c1-15-28-38(10,45)32(42)25(6)40-19-21(2)17-36(8,44)33(53-35-31(46-13)27(41(11)12)16-22(3)49-35)23(4)30(24(5)34(43)51-28)52-29-18-37(9,47-14)39(20-48-39)26(7)50-29/h21-33,35,40,42,44-45H,15-20H2,1-14H3/t21-,22-,23+,24-,25-,26+,27+,28-,29+,30+,31-,32-,33-,35?,36-,37-,38-,39+/m1/s1. The molecule has 0 amide bonds. The van der Waals surface area contributed by atoms with Gasteiger partial charge in [-0.1, -0.05) is 20.8 Å². The summed E-state index contributed by atoms with van der Waals surface area (Å²) in [5.74, 6) is -2.33. The molecule has 14 nitrogen and oxygen atoms in total. The number of carbonyl (C=O) groups is 1. The Kier molecular flexibility index (Phi) is 14.5. The molecular weight excluding hydrogens is 688 g/mol. The van der Waals surface area contributed by atoms with Gasteiger partial charge in [0, 0.05) is 38.6 Å². The normalized spacial score (nSPS) is 50.7. The molecule has 4 aliphatic heterocycles. The van der Waals surface area contributed by atoms with Crippen LogP contribution in [-0.2, 0) is 42.7 Å². The van der Waals surface area contributed by atoms with Gasteiger partial charge in [0.15, 0.2) is 12.6 Å². The van der Waals surface area contributed by atoms with Crippen molar-refractivity contribution in [1.82, 2.24) is 10.2 Å². The van der Waals surface area contributed by atoms with Gasteiger partial charge in [-0.05, 0) is 94.3 Å². The van der Waals surface area contributed by atoms with Crippen LogP contribution in [0.4, 0.5) is 0 Å². The van der Waals surface area contributed by atoms with Gasteiger partial charge in [0.05, 0.1) is 42.5 Å². The molecule has 0 aliphatic carbocycles. The van der Waals surface area contributed by atoms with Crippen LogP contribution in [0.3, 0.4) is 0 Å². The fourth-order valence-electron chi connectivity index (χ4n) is 9.27. The van der Waals surface area contributed by atoms with Crippen LogP contribution >= 0.6 is 0 Å². The van der Waals surface area contributed by atoms with Crippen LogP contribution in [0.25, 0.3) is 0 Å². The SMILES string of the molecule is CC[C@H]1OC(=O)[C@H](C)[C@@H](O[C@H]2C[C@@](C)(OC)[C@]3(CO3)[C@H](C)O2)[C@H](C)[C@@H](OC2O[C@H](C)C[C@H](N(C)C)[C@H]2OC)[C@](C)(O)C[C@@H](C)CN[C@H](C)[C@@H](O)[C@]1(C)O. The van der Waals surface area contributed by atoms with Gasteiger partial charge in [-0.15, -0.1) is 0 Å². The molecule has 0 aromatic heterocycles. The van der Waals surface area contributed by atoms with Crippen LogP contribution in [0.15, 0.2) is 0 Å². The Bertz CT molecular complexity index is 1200. The maximum atomic E-state index is 14.3. The number of methoxy groups -OCH3 is 2. The third-order valence-corrected chi connectivity index (χ3v) is 12.9. The van der Waals surface area contributed by atoms with Gasteiger partial charge in [-0.2, -0.15) is 0 Å². The second-order valence-electron chi connectivity index (χ2n) is 17.5. The first kappa shape index (κ1) is 44.7. The molecule has 0 aromatic rings. The van der Waals surface area contributed by atoms with Crippen molar-refractivity contribution >= 4 is 5.97 Å². The van der Waals surface area contributed by atoms with Crippen LogP contribution in [0, 0.1) is 17.8 Å². The van der Waals surface area contributed by atoms with Gasteiger partial charge >= 0.3 is 5.97 Å². The molecule has 4 aliphatic rings. The topological polar surface area (TPSA) is 170 Å². The van der Waals surface area contributed by atoms with E-state index in [1.54, 1.807) is 41.9 Å². The molecule has 0 aromatic carbocycles. The van der Waals surface area contributed by atoms with Crippen LogP contribution in [-0.4, -0.2) is 157 Å². The number of nitrogens with zero attached hydrogens (tertiary/aromatic N) is 1. The van der Waals surface area contributed by atoms with E-state index < -0.39 is 89.4 Å². The molecule has 4 saturated heterocycles. The fraction of sp³-hybridized carbons (Fsp3) is 0.974. The van der Waals surface area contributed by atoms with Crippen LogP contribution < -0.4 is 5.32 Å². The first-order valence-electron chi connectivity index (χ1n) is 19.7. The summed E-state index contributed by atoms with van der Waals surface area (Å²) >= 11 is 0. The summed E-state index contributed by atoms with van der Waals surface area (Å²) in [6.45, 7) is 19.3. The van der Waals surface area contributed by atoms with Crippen molar-refractivity contribution in [2.75, 3.05) is 41.5 Å². The van der Waals surface area contributed by atoms with Gasteiger partial charge in [-0.25, -0.2) is 0 Å². The molecule has 1 unspecified atom stereocenters. The minimum Gasteiger partial charge on any atom is -0.459 e. The molecule has 14 heteroatoms. The Labute approximate surface area is 317 Å². The summed E-state index contributed by atoms with van der Waals surface area (Å²) in [5.41, 5.74) is -4.59. The van der Waals surface area contributed by atoms with Crippen molar-refractivity contribution in [3.63, 3.8) is 0 Å². The number of aliphatic hydroxyl groups is 3. The molecule has 4 N–H and O–H groups in total. The highest BCUT2D eigenvalue weighted by atomic mass is 16.7. The van der Waals surface area contributed by atoms with Crippen molar-refractivity contribution in [3.8, 4) is 0 Å². The molecule has 4 rings (SSSR count). The van der Waals surface area contributed by atoms with Crippen LogP contribution in [0.5, 0.6) is 0 Å². The van der Waals surface area contributed by atoms with E-state index >= 15 is 0 Å². The predicted octanol–water partition coefficient (Wildman–Crippen LogP) is 2.62. The molecule has 1 spiro atoms. The highest BCUT2D eigenvalue weighted by Crippen LogP contribution is 2.51. The smallest absolute Gasteiger partial charge is 0.311 e. The Hall–Kier alpha value is -1.01. The van der Waals surface area contributed by atoms with Gasteiger partial charge in [0.1, 0.15) is 35.1 Å². The van der Waals surface area contributed by atoms with E-state index in [1.807, 2.05) is 48.7 Å². The van der Waals surface area contributed by atoms with Crippen LogP contribution in [0.2, 0.25) is 0 Å². The maximum Gasteiger partial charge on any atom is 0.311 e. The Morgan fingerprint density at radius 3 is 2.15 bits per heavy atom. The summed E-state index contributed by atoms with van der Waals surface area (Å²) in [7, 11) is 7.27. The number of hydrogen-bond acceptors (Lipinski definition) is 14. The lowest BCUT2D eigenvalue weighted by Gasteiger charge is -2.49. The van der Waals surface area contributed by atoms with Crippen molar-refractivity contribution in [2.45, 2.75) is 185 Å². The number of carbonyl (C=O) groups excluding carboxylic acids is 1. The molecule has 4 fully saturated rings. The second kappa shape index (κ2) is 17.2. The number of aliphatic hydroxyl groups excluding tert-OH is 1. The average Bonchev–Trinajstić information content (AvgIpc) is 3.90. The molecule has 4 heterocycles. The van der Waals surface area contributed by atoms with E-state index in [9.17, 15) is 20.1 Å². The number of ether oxygens (including phenoxy) is 8. The summed E-state index contributed by atoms with van der Waals surface area (Å²) in [6, 6.07) is -0.579. The Morgan fingerprint density at radius 2 is 1.60 bits per heavy atom. The summed E-state index contributed by atoms with van der Waals surface area (Å²) in [5, 5.41) is 38.9. The Morgan fingerprint density at radius 1 is 0.962 bits per heavy atom. The highest BCUT2D eigenvalue weighted by molar-refractivity contribution is 5.73. The monoisotopic (exact) mass is 761 g/mol. The van der Waals surface area contributed by atoms with Gasteiger partial charge in [0.25, 0.3) is 0 Å². The molecule has 53 heavy (non-hydrogen) atoms. The zero-order chi connectivity index (χ0) is 39.8. The number of hydrogen-bond donors (Lipinski definition) is 4. The number of cyclic esters (lactones) is 1. The fourth-order valence-corrected chi connectivity index (χ4v) is 9.27. The van der Waals surface area contributed by atoms with Crippen molar-refractivity contribution in [1.29, 1.82) is 0 Å². The lowest BCUT2D eigenvalue weighted by molar-refractivity contribution is -0.317. The second-order valence-corrected chi connectivity index (χ2v) is 17.5. The first-order chi connectivity index (χ1) is 24.6. The molecular formula is C39H72N2O12. The number of nitrogens with one attached hydrogen (secondary N) is 1. The van der Waals surface area contributed by atoms with E-state index in [0.717, 1.165) is 6.42 Å². The third-order valence-electron chi connectivity index (χ3n) is 12.9. The summed E-state index contributed by atoms with van der Waals surface area (Å²) in [6.07, 6.45) is -5.24. The summed E-state index contributed by atoms with van der Waals surface area (Å²) < 4.78 is 50.7. The molecule has 310 valence electrons. The zero-order valence-electron chi connectivity index (χ0n) is 34.8. The summed E-state index contributed by atoms with van der Waals surface area (Å²) in [4.78, 5) is 16.4. The number of esters is 1. The van der Waals surface area contributed by atoms with Crippen molar-refractivity contribution in [2.24, 2.45) is 17.8 Å². The maximum absolute atomic E-state index is 14.3. The van der Waals surface area contributed by atoms with Crippen molar-refractivity contribution in [3.05, 3.63) is 0 Å². The van der Waals surface area contributed by atoms with E-state index in [1.165, 1.54) is 6.92 Å². The van der Waals surface area contributed by atoms with E-state index in [-0.39, 0.29) is 37.0 Å². The van der Waals surface area contributed by atoms with Crippen LogP contribution in [0.1, 0.15) is 94.9 Å². The first-order valence-corrected chi connectivity index (χ1v) is 19.7. The van der Waals surface area contributed by atoms with E-state index in [4.69, 9.17) is 37.9 Å². The minimum atomic E-state index is -1.77. The molecule has 0 saturated carbocycles. The number of likely N-dealkylation sites (N-methyl/N-ethyl adjacent to an activating group) is 1. The highest BCUT2D eigenvalue weighted by Gasteiger charge is 2.67. The van der Waals surface area contributed by atoms with Gasteiger partial charge in [-0.3, -0.25) is 4.79 Å². The quantitative estimate of drug-likeness (QED) is 0.210. The largest absolute Gasteiger partial charge is 0.459 e. The average molecular weight is 761 g/mol. The zero-order valence-corrected chi connectivity index (χ0v) is 34.8. The Balaban J connectivity index is 1.80. The van der Waals surface area contributed by atoms with E-state index in [0.29, 0.717) is 19.6 Å². The molecule has 0 radical (unpaired) electrons. The number of rotatable bonds is 8. The third kappa shape index (κ3) is 9.26. The van der Waals surface area contributed by atoms with Gasteiger partial charge in [0.2, 0.25) is 0 Å². The molecule has 18 atom stereocenters.